The van der Waals surface area contributed by atoms with Gasteiger partial charge in [0.2, 0.25) is 5.91 Å². The standard InChI is InChI=1S/C13H24N2O2/c1-2-17-10-12(16)15-9-8-14-11-13(15)6-4-3-5-7-13/h14H,2-11H2,1H3. The summed E-state index contributed by atoms with van der Waals surface area (Å²) in [5.74, 6) is 0.176. The lowest BCUT2D eigenvalue weighted by molar-refractivity contribution is -0.145. The highest BCUT2D eigenvalue weighted by Gasteiger charge is 2.41. The fourth-order valence-electron chi connectivity index (χ4n) is 3.16. The molecule has 0 atom stereocenters. The number of carbonyl (C=O) groups is 1. The third-order valence-electron chi connectivity index (χ3n) is 4.05. The van der Waals surface area contributed by atoms with Gasteiger partial charge in [-0.15, -0.1) is 0 Å². The first-order valence-corrected chi connectivity index (χ1v) is 6.87. The highest BCUT2D eigenvalue weighted by molar-refractivity contribution is 5.78. The van der Waals surface area contributed by atoms with E-state index in [1.165, 1.54) is 19.3 Å². The minimum Gasteiger partial charge on any atom is -0.372 e. The van der Waals surface area contributed by atoms with Crippen molar-refractivity contribution in [1.29, 1.82) is 0 Å². The van der Waals surface area contributed by atoms with E-state index in [0.717, 1.165) is 32.5 Å². The zero-order valence-corrected chi connectivity index (χ0v) is 10.8. The third-order valence-corrected chi connectivity index (χ3v) is 4.05. The molecule has 0 aromatic heterocycles. The smallest absolute Gasteiger partial charge is 0.249 e. The first kappa shape index (κ1) is 12.8. The minimum absolute atomic E-state index is 0.0880. The van der Waals surface area contributed by atoms with Crippen molar-refractivity contribution in [2.24, 2.45) is 0 Å². The van der Waals surface area contributed by atoms with Crippen LogP contribution < -0.4 is 5.32 Å². The second kappa shape index (κ2) is 5.83. The highest BCUT2D eigenvalue weighted by atomic mass is 16.5. The van der Waals surface area contributed by atoms with E-state index in [4.69, 9.17) is 4.74 Å². The average molecular weight is 240 g/mol. The Kier molecular flexibility index (Phi) is 4.40. The lowest BCUT2D eigenvalue weighted by atomic mass is 9.79. The van der Waals surface area contributed by atoms with Crippen LogP contribution in [0.3, 0.4) is 0 Å². The van der Waals surface area contributed by atoms with Gasteiger partial charge in [-0.3, -0.25) is 4.79 Å². The van der Waals surface area contributed by atoms with Gasteiger partial charge in [0, 0.05) is 26.2 Å². The molecule has 0 aromatic rings. The van der Waals surface area contributed by atoms with Crippen LogP contribution in [0.2, 0.25) is 0 Å². The van der Waals surface area contributed by atoms with Crippen molar-refractivity contribution >= 4 is 5.91 Å². The Labute approximate surface area is 104 Å². The van der Waals surface area contributed by atoms with Crippen LogP contribution in [0, 0.1) is 0 Å². The maximum atomic E-state index is 12.2. The van der Waals surface area contributed by atoms with Crippen LogP contribution in [0.15, 0.2) is 0 Å². The van der Waals surface area contributed by atoms with E-state index >= 15 is 0 Å². The van der Waals surface area contributed by atoms with Gasteiger partial charge in [-0.05, 0) is 19.8 Å². The number of amides is 1. The summed E-state index contributed by atoms with van der Waals surface area (Å²) in [6.45, 7) is 5.51. The summed E-state index contributed by atoms with van der Waals surface area (Å²) < 4.78 is 5.27. The number of carbonyl (C=O) groups excluding carboxylic acids is 1. The molecule has 1 amide bonds. The molecule has 0 aromatic carbocycles. The van der Waals surface area contributed by atoms with E-state index < -0.39 is 0 Å². The molecule has 1 heterocycles. The molecule has 1 spiro atoms. The fraction of sp³-hybridized carbons (Fsp3) is 0.923. The monoisotopic (exact) mass is 240 g/mol. The molecule has 17 heavy (non-hydrogen) atoms. The molecule has 2 aliphatic rings. The third kappa shape index (κ3) is 2.80. The van der Waals surface area contributed by atoms with Crippen molar-refractivity contribution in [2.45, 2.75) is 44.6 Å². The van der Waals surface area contributed by atoms with Crippen molar-refractivity contribution in [2.75, 3.05) is 32.8 Å². The van der Waals surface area contributed by atoms with Gasteiger partial charge in [0.1, 0.15) is 6.61 Å². The van der Waals surface area contributed by atoms with Crippen molar-refractivity contribution in [3.05, 3.63) is 0 Å². The van der Waals surface area contributed by atoms with E-state index in [1.807, 2.05) is 6.92 Å². The Morgan fingerprint density at radius 2 is 2.12 bits per heavy atom. The predicted octanol–water partition coefficient (Wildman–Crippen LogP) is 1.16. The van der Waals surface area contributed by atoms with Crippen LogP contribution in [0.5, 0.6) is 0 Å². The molecule has 0 radical (unpaired) electrons. The lowest BCUT2D eigenvalue weighted by Crippen LogP contribution is -2.64. The molecule has 1 aliphatic carbocycles. The molecule has 1 N–H and O–H groups in total. The largest absolute Gasteiger partial charge is 0.372 e. The summed E-state index contributed by atoms with van der Waals surface area (Å²) in [5.41, 5.74) is 0.0880. The van der Waals surface area contributed by atoms with Gasteiger partial charge in [-0.2, -0.15) is 0 Å². The number of nitrogens with zero attached hydrogens (tertiary/aromatic N) is 1. The Balaban J connectivity index is 2.03. The highest BCUT2D eigenvalue weighted by Crippen LogP contribution is 2.34. The van der Waals surface area contributed by atoms with Gasteiger partial charge < -0.3 is 15.0 Å². The summed E-state index contributed by atoms with van der Waals surface area (Å²) >= 11 is 0. The number of nitrogens with one attached hydrogen (secondary N) is 1. The normalized spacial score (nSPS) is 23.9. The molecule has 0 unspecified atom stereocenters. The van der Waals surface area contributed by atoms with Gasteiger partial charge in [-0.1, -0.05) is 19.3 Å². The molecule has 2 rings (SSSR count). The lowest BCUT2D eigenvalue weighted by Gasteiger charge is -2.49. The van der Waals surface area contributed by atoms with Crippen LogP contribution in [-0.4, -0.2) is 49.2 Å². The summed E-state index contributed by atoms with van der Waals surface area (Å²) in [4.78, 5) is 14.3. The number of hydrogen-bond acceptors (Lipinski definition) is 3. The van der Waals surface area contributed by atoms with Gasteiger partial charge in [0.05, 0.1) is 5.54 Å². The van der Waals surface area contributed by atoms with Crippen molar-refractivity contribution in [3.63, 3.8) is 0 Å². The number of ether oxygens (including phenoxy) is 1. The molecular formula is C13H24N2O2. The SMILES string of the molecule is CCOCC(=O)N1CCNCC12CCCCC2. The molecular weight excluding hydrogens is 216 g/mol. The van der Waals surface area contributed by atoms with Crippen LogP contribution in [-0.2, 0) is 9.53 Å². The van der Waals surface area contributed by atoms with E-state index in [-0.39, 0.29) is 18.1 Å². The van der Waals surface area contributed by atoms with Crippen molar-refractivity contribution in [1.82, 2.24) is 10.2 Å². The Morgan fingerprint density at radius 3 is 2.82 bits per heavy atom. The van der Waals surface area contributed by atoms with Gasteiger partial charge >= 0.3 is 0 Å². The van der Waals surface area contributed by atoms with E-state index in [2.05, 4.69) is 10.2 Å². The molecule has 1 saturated heterocycles. The van der Waals surface area contributed by atoms with Crippen LogP contribution in [0.25, 0.3) is 0 Å². The van der Waals surface area contributed by atoms with Crippen molar-refractivity contribution in [3.8, 4) is 0 Å². The molecule has 2 fully saturated rings. The fourth-order valence-corrected chi connectivity index (χ4v) is 3.16. The molecule has 98 valence electrons. The first-order chi connectivity index (χ1) is 8.28. The van der Waals surface area contributed by atoms with E-state index in [9.17, 15) is 4.79 Å². The predicted molar refractivity (Wildman–Crippen MR) is 66.9 cm³/mol. The number of piperazine rings is 1. The molecule has 4 heteroatoms. The van der Waals surface area contributed by atoms with Crippen molar-refractivity contribution < 1.29 is 9.53 Å². The first-order valence-electron chi connectivity index (χ1n) is 6.87. The molecule has 4 nitrogen and oxygen atoms in total. The molecule has 1 saturated carbocycles. The number of rotatable bonds is 3. The van der Waals surface area contributed by atoms with Crippen LogP contribution >= 0.6 is 0 Å². The van der Waals surface area contributed by atoms with E-state index in [0.29, 0.717) is 6.61 Å². The maximum Gasteiger partial charge on any atom is 0.249 e. The molecule has 0 bridgehead atoms. The Morgan fingerprint density at radius 1 is 1.35 bits per heavy atom. The summed E-state index contributed by atoms with van der Waals surface area (Å²) in [7, 11) is 0. The summed E-state index contributed by atoms with van der Waals surface area (Å²) in [5, 5.41) is 3.45. The molecule has 1 aliphatic heterocycles. The van der Waals surface area contributed by atoms with E-state index in [1.54, 1.807) is 0 Å². The zero-order valence-electron chi connectivity index (χ0n) is 10.8. The second-order valence-corrected chi connectivity index (χ2v) is 5.14. The van der Waals surface area contributed by atoms with Crippen LogP contribution in [0.4, 0.5) is 0 Å². The summed E-state index contributed by atoms with van der Waals surface area (Å²) in [6.07, 6.45) is 6.12. The summed E-state index contributed by atoms with van der Waals surface area (Å²) in [6, 6.07) is 0. The van der Waals surface area contributed by atoms with Gasteiger partial charge in [0.25, 0.3) is 0 Å². The van der Waals surface area contributed by atoms with Crippen LogP contribution in [0.1, 0.15) is 39.0 Å². The minimum atomic E-state index is 0.0880. The van der Waals surface area contributed by atoms with Gasteiger partial charge in [0.15, 0.2) is 0 Å². The average Bonchev–Trinajstić information content (AvgIpc) is 2.37. The Hall–Kier alpha value is -0.610. The quantitative estimate of drug-likeness (QED) is 0.805. The Bertz CT molecular complexity index is 254. The van der Waals surface area contributed by atoms with Gasteiger partial charge in [-0.25, -0.2) is 0 Å². The maximum absolute atomic E-state index is 12.2. The second-order valence-electron chi connectivity index (χ2n) is 5.14. The number of hydrogen-bond donors (Lipinski definition) is 1. The zero-order chi connectivity index (χ0) is 12.1. The topological polar surface area (TPSA) is 41.6 Å².